The van der Waals surface area contributed by atoms with Crippen molar-refractivity contribution in [2.45, 2.75) is 56.7 Å². The van der Waals surface area contributed by atoms with Crippen molar-refractivity contribution in [2.24, 2.45) is 5.73 Å². The highest BCUT2D eigenvalue weighted by Gasteiger charge is 2.28. The molecule has 0 bridgehead atoms. The summed E-state index contributed by atoms with van der Waals surface area (Å²) in [5, 5.41) is 6.87. The highest BCUT2D eigenvalue weighted by Crippen LogP contribution is 2.23. The number of sulfonamides is 1. The second-order valence-electron chi connectivity index (χ2n) is 4.55. The van der Waals surface area contributed by atoms with Gasteiger partial charge in [-0.05, 0) is 19.8 Å². The Morgan fingerprint density at radius 1 is 1.44 bits per heavy atom. The molecule has 0 aromatic carbocycles. The fraction of sp³-hybridized carbons (Fsp3) is 0.900. The van der Waals surface area contributed by atoms with Crippen LogP contribution in [0, 0.1) is 5.41 Å². The molecule has 1 unspecified atom stereocenters. The Bertz CT molecular complexity index is 334. The minimum Gasteiger partial charge on any atom is -0.388 e. The predicted octanol–water partition coefficient (Wildman–Crippen LogP) is 0.953. The van der Waals surface area contributed by atoms with Gasteiger partial charge in [-0.2, -0.15) is 0 Å². The lowest BCUT2D eigenvalue weighted by Crippen LogP contribution is -2.41. The Labute approximate surface area is 97.4 Å². The second-order valence-corrected chi connectivity index (χ2v) is 6.55. The second kappa shape index (κ2) is 5.63. The summed E-state index contributed by atoms with van der Waals surface area (Å²) in [7, 11) is -3.23. The molecule has 0 spiro atoms. The Kier molecular flexibility index (Phi) is 4.73. The molecule has 0 amide bonds. The Balaban J connectivity index is 2.53. The summed E-state index contributed by atoms with van der Waals surface area (Å²) in [4.78, 5) is 0. The molecule has 1 atom stereocenters. The van der Waals surface area contributed by atoms with E-state index in [0.29, 0.717) is 0 Å². The number of hydrogen-bond acceptors (Lipinski definition) is 3. The van der Waals surface area contributed by atoms with Crippen molar-refractivity contribution in [1.29, 1.82) is 5.41 Å². The fourth-order valence-corrected chi connectivity index (χ4v) is 3.91. The first-order chi connectivity index (χ1) is 7.42. The Hall–Kier alpha value is -0.620. The van der Waals surface area contributed by atoms with Crippen molar-refractivity contribution >= 4 is 15.9 Å². The Morgan fingerprint density at radius 3 is 2.50 bits per heavy atom. The zero-order chi connectivity index (χ0) is 12.2. The topological polar surface area (TPSA) is 96.0 Å². The van der Waals surface area contributed by atoms with Crippen LogP contribution >= 0.6 is 0 Å². The van der Waals surface area contributed by atoms with Gasteiger partial charge in [-0.25, -0.2) is 13.1 Å². The lowest BCUT2D eigenvalue weighted by molar-refractivity contribution is 0.472. The summed E-state index contributed by atoms with van der Waals surface area (Å²) < 4.78 is 26.5. The smallest absolute Gasteiger partial charge is 0.214 e. The first-order valence-corrected chi connectivity index (χ1v) is 7.30. The van der Waals surface area contributed by atoms with Gasteiger partial charge >= 0.3 is 0 Å². The van der Waals surface area contributed by atoms with Crippen LogP contribution < -0.4 is 10.5 Å². The predicted molar refractivity (Wildman–Crippen MR) is 64.9 cm³/mol. The van der Waals surface area contributed by atoms with E-state index in [2.05, 4.69) is 4.72 Å². The quantitative estimate of drug-likeness (QED) is 0.498. The van der Waals surface area contributed by atoms with Crippen molar-refractivity contribution < 1.29 is 8.42 Å². The molecule has 0 aromatic rings. The molecule has 0 aliphatic heterocycles. The van der Waals surface area contributed by atoms with Crippen molar-refractivity contribution in [3.05, 3.63) is 0 Å². The highest BCUT2D eigenvalue weighted by molar-refractivity contribution is 7.90. The van der Waals surface area contributed by atoms with Gasteiger partial charge in [0.1, 0.15) is 0 Å². The summed E-state index contributed by atoms with van der Waals surface area (Å²) in [6.07, 6.45) is 4.89. The molecule has 4 N–H and O–H groups in total. The molecule has 1 saturated carbocycles. The van der Waals surface area contributed by atoms with Gasteiger partial charge in [0.2, 0.25) is 10.0 Å². The van der Waals surface area contributed by atoms with Gasteiger partial charge in [0.15, 0.2) is 0 Å². The number of hydrogen-bond donors (Lipinski definition) is 3. The van der Waals surface area contributed by atoms with Crippen LogP contribution in [0.4, 0.5) is 0 Å². The Morgan fingerprint density at radius 2 is 2.00 bits per heavy atom. The zero-order valence-electron chi connectivity index (χ0n) is 9.70. The third-order valence-electron chi connectivity index (χ3n) is 2.88. The fourth-order valence-electron chi connectivity index (χ4n) is 2.12. The maximum atomic E-state index is 12.0. The average Bonchev–Trinajstić information content (AvgIpc) is 2.16. The molecule has 0 radical (unpaired) electrons. The third kappa shape index (κ3) is 4.09. The molecule has 1 aliphatic rings. The van der Waals surface area contributed by atoms with Gasteiger partial charge in [-0.3, -0.25) is 5.41 Å². The lowest BCUT2D eigenvalue weighted by atomic mass is 10.0. The average molecular weight is 247 g/mol. The molecule has 1 rings (SSSR count). The van der Waals surface area contributed by atoms with Gasteiger partial charge < -0.3 is 5.73 Å². The molecule has 0 aromatic heterocycles. The minimum absolute atomic E-state index is 0.0128. The minimum atomic E-state index is -3.23. The van der Waals surface area contributed by atoms with E-state index >= 15 is 0 Å². The van der Waals surface area contributed by atoms with E-state index in [0.717, 1.165) is 32.1 Å². The maximum absolute atomic E-state index is 12.0. The molecule has 94 valence electrons. The summed E-state index contributed by atoms with van der Waals surface area (Å²) in [6.45, 7) is 1.74. The van der Waals surface area contributed by atoms with Crippen LogP contribution in [0.5, 0.6) is 0 Å². The maximum Gasteiger partial charge on any atom is 0.214 e. The van der Waals surface area contributed by atoms with Crippen LogP contribution in [-0.4, -0.2) is 25.5 Å². The SMILES string of the molecule is CC(CC(=N)N)NS(=O)(=O)C1CCCCC1. The van der Waals surface area contributed by atoms with Crippen LogP contribution in [0.3, 0.4) is 0 Å². The molecular weight excluding hydrogens is 226 g/mol. The first kappa shape index (κ1) is 13.4. The molecule has 16 heavy (non-hydrogen) atoms. The third-order valence-corrected chi connectivity index (χ3v) is 4.96. The van der Waals surface area contributed by atoms with Crippen LogP contribution in [-0.2, 0) is 10.0 Å². The highest BCUT2D eigenvalue weighted by atomic mass is 32.2. The van der Waals surface area contributed by atoms with Crippen molar-refractivity contribution in [2.75, 3.05) is 0 Å². The largest absolute Gasteiger partial charge is 0.388 e. The summed E-state index contributed by atoms with van der Waals surface area (Å²) in [5.41, 5.74) is 5.24. The summed E-state index contributed by atoms with van der Waals surface area (Å²) in [6, 6.07) is -0.288. The van der Waals surface area contributed by atoms with E-state index in [-0.39, 0.29) is 23.5 Å². The van der Waals surface area contributed by atoms with E-state index in [9.17, 15) is 8.42 Å². The zero-order valence-corrected chi connectivity index (χ0v) is 10.5. The van der Waals surface area contributed by atoms with Crippen LogP contribution in [0.15, 0.2) is 0 Å². The number of rotatable bonds is 5. The molecule has 5 nitrogen and oxygen atoms in total. The normalized spacial score (nSPS) is 20.6. The van der Waals surface area contributed by atoms with Crippen LogP contribution in [0.25, 0.3) is 0 Å². The lowest BCUT2D eigenvalue weighted by Gasteiger charge is -2.24. The van der Waals surface area contributed by atoms with Crippen LogP contribution in [0.1, 0.15) is 45.4 Å². The number of nitrogens with two attached hydrogens (primary N) is 1. The number of amidine groups is 1. The van der Waals surface area contributed by atoms with E-state index in [1.807, 2.05) is 0 Å². The molecule has 1 fully saturated rings. The van der Waals surface area contributed by atoms with Gasteiger partial charge in [0.05, 0.1) is 11.1 Å². The number of nitrogens with one attached hydrogen (secondary N) is 2. The van der Waals surface area contributed by atoms with Crippen molar-refractivity contribution in [3.8, 4) is 0 Å². The van der Waals surface area contributed by atoms with E-state index < -0.39 is 10.0 Å². The van der Waals surface area contributed by atoms with Crippen LogP contribution in [0.2, 0.25) is 0 Å². The van der Waals surface area contributed by atoms with E-state index in [1.54, 1.807) is 6.92 Å². The van der Waals surface area contributed by atoms with E-state index in [1.165, 1.54) is 0 Å². The standard InChI is InChI=1S/C10H21N3O2S/c1-8(7-10(11)12)13-16(14,15)9-5-3-2-4-6-9/h8-9,13H,2-7H2,1H3,(H3,11,12). The van der Waals surface area contributed by atoms with Crippen molar-refractivity contribution in [1.82, 2.24) is 4.72 Å². The van der Waals surface area contributed by atoms with Gasteiger partial charge in [0, 0.05) is 12.5 Å². The van der Waals surface area contributed by atoms with E-state index in [4.69, 9.17) is 11.1 Å². The van der Waals surface area contributed by atoms with Gasteiger partial charge in [-0.1, -0.05) is 19.3 Å². The molecule has 1 aliphatic carbocycles. The molecule has 6 heteroatoms. The molecule has 0 saturated heterocycles. The molecular formula is C10H21N3O2S. The first-order valence-electron chi connectivity index (χ1n) is 5.76. The van der Waals surface area contributed by atoms with Gasteiger partial charge in [-0.15, -0.1) is 0 Å². The summed E-state index contributed by atoms with van der Waals surface area (Å²) in [5.74, 6) is 0.0128. The van der Waals surface area contributed by atoms with Gasteiger partial charge in [0.25, 0.3) is 0 Å². The molecule has 0 heterocycles. The monoisotopic (exact) mass is 247 g/mol. The van der Waals surface area contributed by atoms with Crippen molar-refractivity contribution in [3.63, 3.8) is 0 Å². The summed E-state index contributed by atoms with van der Waals surface area (Å²) >= 11 is 0.